The highest BCUT2D eigenvalue weighted by atomic mass is 79.9. The first-order valence-electron chi connectivity index (χ1n) is 11.3. The van der Waals surface area contributed by atoms with Crippen molar-refractivity contribution < 1.29 is 24.8 Å². The highest BCUT2D eigenvalue weighted by Gasteiger charge is 2.24. The van der Waals surface area contributed by atoms with Gasteiger partial charge < -0.3 is 24.8 Å². The number of halogens is 2. The Hall–Kier alpha value is -2.01. The van der Waals surface area contributed by atoms with Gasteiger partial charge in [0.25, 0.3) is 0 Å². The van der Waals surface area contributed by atoms with E-state index in [2.05, 4.69) is 35.3 Å². The van der Waals surface area contributed by atoms with Crippen LogP contribution in [0.2, 0.25) is 0 Å². The number of aliphatic hydroxyl groups excluding tert-OH is 3. The van der Waals surface area contributed by atoms with E-state index in [1.54, 1.807) is 23.3 Å². The molecule has 0 saturated heterocycles. The third-order valence-electron chi connectivity index (χ3n) is 5.86. The molecule has 2 atom stereocenters. The van der Waals surface area contributed by atoms with Gasteiger partial charge in [-0.15, -0.1) is 17.1 Å². The molecule has 1 heterocycles. The van der Waals surface area contributed by atoms with Gasteiger partial charge in [0.1, 0.15) is 36.9 Å². The van der Waals surface area contributed by atoms with E-state index in [9.17, 15) is 15.3 Å². The Balaban J connectivity index is 1.57. The lowest BCUT2D eigenvalue weighted by Gasteiger charge is -2.27. The predicted molar refractivity (Wildman–Crippen MR) is 139 cm³/mol. The van der Waals surface area contributed by atoms with Gasteiger partial charge in [-0.05, 0) is 51.3 Å². The predicted octanol–water partition coefficient (Wildman–Crippen LogP) is 2.99. The van der Waals surface area contributed by atoms with Crippen molar-refractivity contribution in [1.29, 1.82) is 0 Å². The quantitative estimate of drug-likeness (QED) is 0.289. The third kappa shape index (κ3) is 7.25. The SMILES string of the molecule is CN1NN(C[C@H](O)COc2ccc(C(C)(C)c3ccc(OC[C@H](O)CCl)c(Br)c3)cc2)C=C1CO. The fourth-order valence-electron chi connectivity index (χ4n) is 3.64. The van der Waals surface area contributed by atoms with Crippen LogP contribution in [-0.2, 0) is 5.41 Å². The smallest absolute Gasteiger partial charge is 0.133 e. The second-order valence-electron chi connectivity index (χ2n) is 8.97. The second-order valence-corrected chi connectivity index (χ2v) is 10.1. The summed E-state index contributed by atoms with van der Waals surface area (Å²) in [7, 11) is 1.79. The van der Waals surface area contributed by atoms with Crippen LogP contribution in [0.5, 0.6) is 11.5 Å². The summed E-state index contributed by atoms with van der Waals surface area (Å²) in [6.45, 7) is 4.79. The van der Waals surface area contributed by atoms with Gasteiger partial charge in [0.15, 0.2) is 0 Å². The summed E-state index contributed by atoms with van der Waals surface area (Å²) in [5.41, 5.74) is 5.66. The average molecular weight is 571 g/mol. The highest BCUT2D eigenvalue weighted by Crippen LogP contribution is 2.36. The lowest BCUT2D eigenvalue weighted by molar-refractivity contribution is 0.0486. The molecule has 0 aromatic heterocycles. The maximum atomic E-state index is 10.3. The van der Waals surface area contributed by atoms with E-state index in [0.29, 0.717) is 18.0 Å². The maximum Gasteiger partial charge on any atom is 0.133 e. The van der Waals surface area contributed by atoms with Crippen molar-refractivity contribution >= 4 is 27.5 Å². The first kappa shape index (κ1) is 27.6. The van der Waals surface area contributed by atoms with Crippen LogP contribution in [0.25, 0.3) is 0 Å². The summed E-state index contributed by atoms with van der Waals surface area (Å²) < 4.78 is 12.2. The monoisotopic (exact) mass is 569 g/mol. The molecule has 3 rings (SSSR count). The van der Waals surface area contributed by atoms with Crippen LogP contribution >= 0.6 is 27.5 Å². The highest BCUT2D eigenvalue weighted by molar-refractivity contribution is 9.10. The van der Waals surface area contributed by atoms with Crippen molar-refractivity contribution in [3.63, 3.8) is 0 Å². The van der Waals surface area contributed by atoms with Crippen LogP contribution in [0.1, 0.15) is 25.0 Å². The molecule has 8 nitrogen and oxygen atoms in total. The summed E-state index contributed by atoms with van der Waals surface area (Å²) in [6, 6.07) is 13.7. The molecule has 1 aliphatic heterocycles. The van der Waals surface area contributed by atoms with Gasteiger partial charge >= 0.3 is 0 Å². The summed E-state index contributed by atoms with van der Waals surface area (Å²) in [4.78, 5) is 0. The Bertz CT molecular complexity index is 1010. The summed E-state index contributed by atoms with van der Waals surface area (Å²) >= 11 is 9.19. The molecule has 10 heteroatoms. The molecule has 0 radical (unpaired) electrons. The van der Waals surface area contributed by atoms with E-state index >= 15 is 0 Å². The molecule has 2 aromatic carbocycles. The number of likely N-dealkylation sites (N-methyl/N-ethyl adjacent to an activating group) is 1. The molecule has 192 valence electrons. The standard InChI is InChI=1S/C25H33BrClN3O5/c1-25(2,18-6-9-24(23(26)10-18)35-15-20(32)11-27)17-4-7-22(8-5-17)34-16-21(33)13-30-12-19(14-31)29(3)28-30/h4-10,12,20-21,28,31-33H,11,13-16H2,1-3H3/t20-,21+/m1/s1. The Morgan fingerprint density at radius 2 is 1.69 bits per heavy atom. The Kier molecular flexibility index (Phi) is 9.69. The zero-order chi connectivity index (χ0) is 25.6. The lowest BCUT2D eigenvalue weighted by atomic mass is 9.78. The second kappa shape index (κ2) is 12.3. The van der Waals surface area contributed by atoms with E-state index in [0.717, 1.165) is 21.3 Å². The summed E-state index contributed by atoms with van der Waals surface area (Å²) in [6.07, 6.45) is 0.321. The van der Waals surface area contributed by atoms with Crippen molar-refractivity contribution in [3.8, 4) is 11.5 Å². The van der Waals surface area contributed by atoms with Gasteiger partial charge in [-0.1, -0.05) is 32.0 Å². The fourth-order valence-corrected chi connectivity index (χ4v) is 4.22. The van der Waals surface area contributed by atoms with Crippen molar-refractivity contribution in [2.75, 3.05) is 39.3 Å². The minimum Gasteiger partial charge on any atom is -0.491 e. The molecule has 0 amide bonds. The van der Waals surface area contributed by atoms with Crippen LogP contribution in [0.3, 0.4) is 0 Å². The van der Waals surface area contributed by atoms with Gasteiger partial charge in [0.2, 0.25) is 0 Å². The summed E-state index contributed by atoms with van der Waals surface area (Å²) in [5.74, 6) is 1.44. The van der Waals surface area contributed by atoms with Crippen molar-refractivity contribution in [1.82, 2.24) is 15.6 Å². The molecule has 0 bridgehead atoms. The van der Waals surface area contributed by atoms with Crippen LogP contribution in [0.4, 0.5) is 0 Å². The van der Waals surface area contributed by atoms with E-state index in [4.69, 9.17) is 21.1 Å². The number of hydrogen-bond acceptors (Lipinski definition) is 8. The molecule has 4 N–H and O–H groups in total. The number of β-amino-alcohol motifs (C(OH)–C–C–N with tert-alkyl or cyclic N) is 1. The number of hydrazine groups is 2. The summed E-state index contributed by atoms with van der Waals surface area (Å²) in [5, 5.41) is 32.6. The lowest BCUT2D eigenvalue weighted by Crippen LogP contribution is -2.43. The number of ether oxygens (including phenoxy) is 2. The van der Waals surface area contributed by atoms with Crippen molar-refractivity contribution in [2.45, 2.75) is 31.5 Å². The van der Waals surface area contributed by atoms with Crippen molar-refractivity contribution in [3.05, 3.63) is 70.0 Å². The number of alkyl halides is 1. The molecule has 2 aromatic rings. The Morgan fingerprint density at radius 1 is 1.03 bits per heavy atom. The van der Waals surface area contributed by atoms with Gasteiger partial charge in [-0.2, -0.15) is 0 Å². The van der Waals surface area contributed by atoms with Crippen LogP contribution in [-0.4, -0.2) is 76.8 Å². The van der Waals surface area contributed by atoms with Gasteiger partial charge in [0, 0.05) is 18.7 Å². The number of nitrogens with zero attached hydrogens (tertiary/aromatic N) is 2. The minimum absolute atomic E-state index is 0.0805. The van der Waals surface area contributed by atoms with Gasteiger partial charge in [-0.25, -0.2) is 0 Å². The number of nitrogens with one attached hydrogen (secondary N) is 1. The largest absolute Gasteiger partial charge is 0.491 e. The van der Waals surface area contributed by atoms with E-state index < -0.39 is 12.2 Å². The minimum atomic E-state index is -0.718. The normalized spacial score (nSPS) is 15.7. The Morgan fingerprint density at radius 3 is 2.29 bits per heavy atom. The molecule has 0 saturated carbocycles. The molecule has 35 heavy (non-hydrogen) atoms. The van der Waals surface area contributed by atoms with E-state index in [-0.39, 0.29) is 31.1 Å². The number of hydrogen-bond donors (Lipinski definition) is 4. The number of rotatable bonds is 12. The zero-order valence-corrected chi connectivity index (χ0v) is 22.5. The molecular formula is C25H33BrClN3O5. The Labute approximate surface area is 219 Å². The first-order valence-corrected chi connectivity index (χ1v) is 12.6. The molecule has 0 fully saturated rings. The third-order valence-corrected chi connectivity index (χ3v) is 6.84. The van der Waals surface area contributed by atoms with E-state index in [1.807, 2.05) is 42.5 Å². The van der Waals surface area contributed by atoms with Gasteiger partial charge in [0.05, 0.1) is 29.2 Å². The topological polar surface area (TPSA) is 97.7 Å². The van der Waals surface area contributed by atoms with E-state index in [1.165, 1.54) is 0 Å². The van der Waals surface area contributed by atoms with Crippen molar-refractivity contribution in [2.24, 2.45) is 0 Å². The molecule has 0 aliphatic carbocycles. The molecule has 0 unspecified atom stereocenters. The van der Waals surface area contributed by atoms with Crippen LogP contribution in [0.15, 0.2) is 58.8 Å². The number of aliphatic hydroxyl groups is 3. The van der Waals surface area contributed by atoms with Gasteiger partial charge in [-0.3, -0.25) is 10.0 Å². The number of benzene rings is 2. The zero-order valence-electron chi connectivity index (χ0n) is 20.1. The molecule has 0 spiro atoms. The maximum absolute atomic E-state index is 10.3. The first-order chi connectivity index (χ1) is 16.6. The molecular weight excluding hydrogens is 538 g/mol. The van der Waals surface area contributed by atoms with Crippen LogP contribution in [0, 0.1) is 0 Å². The fraction of sp³-hybridized carbons (Fsp3) is 0.440. The molecule has 1 aliphatic rings. The average Bonchev–Trinajstić information content (AvgIpc) is 3.20. The van der Waals surface area contributed by atoms with Crippen LogP contribution < -0.4 is 15.0 Å².